The van der Waals surface area contributed by atoms with Crippen LogP contribution in [0.2, 0.25) is 0 Å². The molecule has 2 heterocycles. The highest BCUT2D eigenvalue weighted by molar-refractivity contribution is 8.00. The van der Waals surface area contributed by atoms with Crippen molar-refractivity contribution in [2.75, 3.05) is 4.90 Å². The molecule has 104 valence electrons. The van der Waals surface area contributed by atoms with Crippen molar-refractivity contribution in [3.05, 3.63) is 70.4 Å². The van der Waals surface area contributed by atoms with E-state index in [1.807, 2.05) is 12.1 Å². The van der Waals surface area contributed by atoms with Crippen molar-refractivity contribution in [3.8, 4) is 0 Å². The second-order valence-corrected chi connectivity index (χ2v) is 5.96. The molecule has 0 bridgehead atoms. The van der Waals surface area contributed by atoms with Crippen LogP contribution in [0.1, 0.15) is 5.56 Å². The number of thioether (sulfide) groups is 1. The van der Waals surface area contributed by atoms with Crippen molar-refractivity contribution in [3.63, 3.8) is 0 Å². The Morgan fingerprint density at radius 2 is 1.90 bits per heavy atom. The molecule has 1 atom stereocenters. The fraction of sp³-hybridized carbons (Fsp3) is 0.0667. The van der Waals surface area contributed by atoms with Crippen molar-refractivity contribution in [1.82, 2.24) is 5.32 Å². The zero-order chi connectivity index (χ0) is 14.4. The smallest absolute Gasteiger partial charge is 0.269 e. The number of benzene rings is 2. The second kappa shape index (κ2) is 4.53. The van der Waals surface area contributed by atoms with Crippen molar-refractivity contribution in [1.29, 1.82) is 0 Å². The zero-order valence-corrected chi connectivity index (χ0v) is 11.7. The number of nitro groups is 1. The summed E-state index contributed by atoms with van der Waals surface area (Å²) in [5.41, 5.74) is 3.40. The lowest BCUT2D eigenvalue weighted by atomic mass is 10.1. The van der Waals surface area contributed by atoms with Gasteiger partial charge in [-0.2, -0.15) is 0 Å². The third kappa shape index (κ3) is 1.95. The number of nitrogens with one attached hydrogen (secondary N) is 1. The van der Waals surface area contributed by atoms with Crippen LogP contribution in [0.15, 0.2) is 59.6 Å². The predicted octanol–water partition coefficient (Wildman–Crippen LogP) is 3.39. The first-order valence-corrected chi connectivity index (χ1v) is 7.37. The Morgan fingerprint density at radius 3 is 2.67 bits per heavy atom. The third-order valence-corrected chi connectivity index (χ3v) is 4.74. The van der Waals surface area contributed by atoms with Gasteiger partial charge in [-0.3, -0.25) is 10.1 Å². The van der Waals surface area contributed by atoms with E-state index in [4.69, 9.17) is 0 Å². The monoisotopic (exact) mass is 297 g/mol. The van der Waals surface area contributed by atoms with E-state index in [9.17, 15) is 10.1 Å². The van der Waals surface area contributed by atoms with Gasteiger partial charge in [0, 0.05) is 23.2 Å². The third-order valence-electron chi connectivity index (χ3n) is 3.57. The largest absolute Gasteiger partial charge is 0.354 e. The van der Waals surface area contributed by atoms with E-state index in [-0.39, 0.29) is 16.1 Å². The Balaban J connectivity index is 1.66. The van der Waals surface area contributed by atoms with Gasteiger partial charge in [-0.25, -0.2) is 0 Å². The maximum atomic E-state index is 10.7. The maximum Gasteiger partial charge on any atom is 0.269 e. The number of anilines is 1. The topological polar surface area (TPSA) is 58.4 Å². The minimum absolute atomic E-state index is 0.109. The lowest BCUT2D eigenvalue weighted by Gasteiger charge is -2.15. The summed E-state index contributed by atoms with van der Waals surface area (Å²) in [5.74, 6) is 0. The zero-order valence-electron chi connectivity index (χ0n) is 10.9. The summed E-state index contributed by atoms with van der Waals surface area (Å²) in [7, 11) is 0. The van der Waals surface area contributed by atoms with Crippen LogP contribution in [-0.2, 0) is 0 Å². The summed E-state index contributed by atoms with van der Waals surface area (Å²) in [6.45, 7) is 0. The van der Waals surface area contributed by atoms with Crippen LogP contribution in [0.5, 0.6) is 0 Å². The Hall–Kier alpha value is -2.47. The summed E-state index contributed by atoms with van der Waals surface area (Å²) in [4.78, 5) is 13.8. The second-order valence-electron chi connectivity index (χ2n) is 4.84. The normalized spacial score (nSPS) is 18.8. The van der Waals surface area contributed by atoms with Gasteiger partial charge in [-0.1, -0.05) is 23.9 Å². The number of nitrogens with zero attached hydrogens (tertiary/aromatic N) is 2. The lowest BCUT2D eigenvalue weighted by molar-refractivity contribution is -0.384. The summed E-state index contributed by atoms with van der Waals surface area (Å²) in [6, 6.07) is 14.9. The van der Waals surface area contributed by atoms with Gasteiger partial charge in [0.2, 0.25) is 0 Å². The van der Waals surface area contributed by atoms with Gasteiger partial charge >= 0.3 is 0 Å². The molecular weight excluding hydrogens is 286 g/mol. The van der Waals surface area contributed by atoms with Crippen molar-refractivity contribution in [2.45, 2.75) is 10.4 Å². The van der Waals surface area contributed by atoms with Crippen LogP contribution in [0.4, 0.5) is 11.4 Å². The number of rotatable bonds is 2. The summed E-state index contributed by atoms with van der Waals surface area (Å²) < 4.78 is 0. The van der Waals surface area contributed by atoms with E-state index in [0.29, 0.717) is 0 Å². The Morgan fingerprint density at radius 1 is 1.14 bits per heavy atom. The molecular formula is C15H11N3O2S. The fourth-order valence-corrected chi connectivity index (χ4v) is 3.71. The van der Waals surface area contributed by atoms with Gasteiger partial charge in [0.15, 0.2) is 5.50 Å². The first-order chi connectivity index (χ1) is 10.2. The highest BCUT2D eigenvalue weighted by Gasteiger charge is 2.33. The van der Waals surface area contributed by atoms with Gasteiger partial charge < -0.3 is 10.2 Å². The van der Waals surface area contributed by atoms with Crippen LogP contribution in [0, 0.1) is 10.1 Å². The van der Waals surface area contributed by atoms with E-state index < -0.39 is 0 Å². The molecule has 0 fully saturated rings. The average molecular weight is 297 g/mol. The number of para-hydroxylation sites is 1. The molecule has 1 N–H and O–H groups in total. The summed E-state index contributed by atoms with van der Waals surface area (Å²) in [5, 5.41) is 14.1. The number of fused-ring (bicyclic) bond motifs is 3. The lowest BCUT2D eigenvalue weighted by Crippen LogP contribution is -2.28. The fourth-order valence-electron chi connectivity index (χ4n) is 2.54. The molecule has 2 aromatic carbocycles. The Bertz CT molecular complexity index is 758. The SMILES string of the molecule is O=[N+]([O-])c1ccc(C2=CN3c4ccccc4S[C@H]3N2)cc1. The molecule has 0 radical (unpaired) electrons. The standard InChI is InChI=1S/C15H11N3O2S/c19-18(20)11-7-5-10(6-8-11)12-9-17-13-3-1-2-4-14(13)21-15(17)16-12/h1-9,15-16H/t15-/m0/s1. The van der Waals surface area contributed by atoms with Gasteiger partial charge in [0.1, 0.15) is 0 Å². The summed E-state index contributed by atoms with van der Waals surface area (Å²) >= 11 is 1.77. The van der Waals surface area contributed by atoms with Crippen molar-refractivity contribution in [2.24, 2.45) is 0 Å². The summed E-state index contributed by atoms with van der Waals surface area (Å²) in [6.07, 6.45) is 2.06. The van der Waals surface area contributed by atoms with Gasteiger partial charge in [0.25, 0.3) is 5.69 Å². The number of hydrogen-bond donors (Lipinski definition) is 1. The first kappa shape index (κ1) is 12.3. The highest BCUT2D eigenvalue weighted by atomic mass is 32.2. The number of non-ortho nitro benzene ring substituents is 1. The molecule has 4 rings (SSSR count). The molecule has 0 aliphatic carbocycles. The Kier molecular flexibility index (Phi) is 2.65. The van der Waals surface area contributed by atoms with E-state index in [2.05, 4.69) is 28.5 Å². The van der Waals surface area contributed by atoms with Crippen LogP contribution in [0.3, 0.4) is 0 Å². The molecule has 2 aliphatic rings. The number of hydrogen-bond acceptors (Lipinski definition) is 5. The molecule has 0 amide bonds. The Labute approximate surface area is 125 Å². The van der Waals surface area contributed by atoms with Gasteiger partial charge in [0.05, 0.1) is 16.3 Å². The van der Waals surface area contributed by atoms with E-state index in [1.54, 1.807) is 23.9 Å². The molecule has 0 saturated heterocycles. The van der Waals surface area contributed by atoms with E-state index >= 15 is 0 Å². The molecule has 2 aliphatic heterocycles. The van der Waals surface area contributed by atoms with E-state index in [1.165, 1.54) is 22.7 Å². The minimum atomic E-state index is -0.384. The van der Waals surface area contributed by atoms with Gasteiger partial charge in [-0.15, -0.1) is 0 Å². The molecule has 6 heteroatoms. The van der Waals surface area contributed by atoms with Crippen LogP contribution in [0.25, 0.3) is 5.70 Å². The molecule has 0 aromatic heterocycles. The average Bonchev–Trinajstić information content (AvgIpc) is 3.05. The number of nitro benzene ring substituents is 1. The van der Waals surface area contributed by atoms with Crippen molar-refractivity contribution >= 4 is 28.8 Å². The first-order valence-electron chi connectivity index (χ1n) is 6.49. The maximum absolute atomic E-state index is 10.7. The minimum Gasteiger partial charge on any atom is -0.354 e. The molecule has 0 spiro atoms. The van der Waals surface area contributed by atoms with Crippen LogP contribution in [-0.4, -0.2) is 10.4 Å². The molecule has 2 aromatic rings. The van der Waals surface area contributed by atoms with Crippen LogP contribution < -0.4 is 10.2 Å². The molecule has 21 heavy (non-hydrogen) atoms. The highest BCUT2D eigenvalue weighted by Crippen LogP contribution is 2.45. The van der Waals surface area contributed by atoms with Crippen molar-refractivity contribution < 1.29 is 4.92 Å². The molecule has 0 unspecified atom stereocenters. The van der Waals surface area contributed by atoms with E-state index in [0.717, 1.165) is 11.3 Å². The molecule has 0 saturated carbocycles. The predicted molar refractivity (Wildman–Crippen MR) is 82.8 cm³/mol. The molecule has 5 nitrogen and oxygen atoms in total. The quantitative estimate of drug-likeness (QED) is 0.680. The van der Waals surface area contributed by atoms with Gasteiger partial charge in [-0.05, 0) is 29.8 Å². The van der Waals surface area contributed by atoms with Crippen LogP contribution >= 0.6 is 11.8 Å².